The highest BCUT2D eigenvalue weighted by Gasteiger charge is 2.32. The summed E-state index contributed by atoms with van der Waals surface area (Å²) in [5.41, 5.74) is 5.65. The molecule has 1 aromatic rings. The topological polar surface area (TPSA) is 75.8 Å². The van der Waals surface area contributed by atoms with Crippen molar-refractivity contribution in [3.05, 3.63) is 28.8 Å². The van der Waals surface area contributed by atoms with Gasteiger partial charge in [-0.15, -0.1) is 0 Å². The van der Waals surface area contributed by atoms with Crippen LogP contribution >= 0.6 is 11.6 Å². The largest absolute Gasteiger partial charge is 0.398 e. The molecule has 1 saturated heterocycles. The fourth-order valence-electron chi connectivity index (χ4n) is 2.30. The van der Waals surface area contributed by atoms with Crippen LogP contribution in [0.4, 0.5) is 5.69 Å². The molecule has 110 valence electrons. The maximum absolute atomic E-state index is 12.3. The third-order valence-corrected chi connectivity index (χ3v) is 3.88. The zero-order chi connectivity index (χ0) is 14.8. The monoisotopic (exact) mass is 298 g/mol. The molecule has 1 aromatic carbocycles. The lowest BCUT2D eigenvalue weighted by molar-refractivity contribution is -0.0734. The van der Waals surface area contributed by atoms with E-state index >= 15 is 0 Å². The third-order valence-electron chi connectivity index (χ3n) is 3.55. The van der Waals surface area contributed by atoms with E-state index < -0.39 is 5.60 Å². The Morgan fingerprint density at radius 3 is 2.75 bits per heavy atom. The number of amides is 1. The number of hydrogen-bond donors (Lipinski definition) is 2. The maximum atomic E-state index is 12.3. The van der Waals surface area contributed by atoms with Crippen molar-refractivity contribution in [2.45, 2.75) is 18.4 Å². The van der Waals surface area contributed by atoms with Crippen molar-refractivity contribution in [3.63, 3.8) is 0 Å². The molecule has 0 spiro atoms. The lowest BCUT2D eigenvalue weighted by Gasteiger charge is -2.35. The molecule has 0 radical (unpaired) electrons. The summed E-state index contributed by atoms with van der Waals surface area (Å²) in [7, 11) is 1.67. The number of carbonyl (C=O) groups excluding carboxylic acids is 1. The van der Waals surface area contributed by atoms with Crippen LogP contribution in [0.15, 0.2) is 18.2 Å². The smallest absolute Gasteiger partial charge is 0.253 e. The number of benzene rings is 1. The lowest BCUT2D eigenvalue weighted by Crippen LogP contribution is -2.47. The van der Waals surface area contributed by atoms with Gasteiger partial charge < -0.3 is 20.5 Å². The van der Waals surface area contributed by atoms with Crippen LogP contribution in [-0.2, 0) is 4.74 Å². The van der Waals surface area contributed by atoms with Gasteiger partial charge in [-0.2, -0.15) is 0 Å². The Bertz CT molecular complexity index is 501. The highest BCUT2D eigenvalue weighted by atomic mass is 35.5. The number of ether oxygens (including phenoxy) is 1. The first-order valence-corrected chi connectivity index (χ1v) is 6.90. The van der Waals surface area contributed by atoms with Gasteiger partial charge in [0.2, 0.25) is 0 Å². The van der Waals surface area contributed by atoms with Crippen molar-refractivity contribution in [2.24, 2.45) is 0 Å². The van der Waals surface area contributed by atoms with Gasteiger partial charge in [0.1, 0.15) is 0 Å². The Morgan fingerprint density at radius 2 is 2.15 bits per heavy atom. The fourth-order valence-corrected chi connectivity index (χ4v) is 2.48. The predicted octanol–water partition coefficient (Wildman–Crippen LogP) is 1.54. The number of nitrogen functional groups attached to an aromatic ring is 1. The minimum absolute atomic E-state index is 0.188. The Kier molecular flexibility index (Phi) is 4.52. The van der Waals surface area contributed by atoms with Gasteiger partial charge in [0.15, 0.2) is 0 Å². The van der Waals surface area contributed by atoms with Crippen molar-refractivity contribution < 1.29 is 14.6 Å². The molecule has 0 saturated carbocycles. The molecule has 2 rings (SSSR count). The summed E-state index contributed by atoms with van der Waals surface area (Å²) in [6.07, 6.45) is 1.07. The zero-order valence-corrected chi connectivity index (χ0v) is 12.2. The summed E-state index contributed by atoms with van der Waals surface area (Å²) in [6.45, 7) is 1.32. The number of nitrogens with zero attached hydrogens (tertiary/aromatic N) is 1. The highest BCUT2D eigenvalue weighted by Crippen LogP contribution is 2.23. The molecule has 1 heterocycles. The first-order valence-electron chi connectivity index (χ1n) is 6.52. The molecule has 0 unspecified atom stereocenters. The molecule has 0 aromatic heterocycles. The van der Waals surface area contributed by atoms with Gasteiger partial charge in [-0.1, -0.05) is 11.6 Å². The summed E-state index contributed by atoms with van der Waals surface area (Å²) in [5.74, 6) is -0.188. The second-order valence-corrected chi connectivity index (χ2v) is 5.64. The van der Waals surface area contributed by atoms with Gasteiger partial charge >= 0.3 is 0 Å². The van der Waals surface area contributed by atoms with Gasteiger partial charge in [0.05, 0.1) is 16.3 Å². The number of carbonyl (C=O) groups is 1. The number of rotatable bonds is 3. The maximum Gasteiger partial charge on any atom is 0.253 e. The standard InChI is InChI=1S/C14H19ClN2O3/c1-17(9-14(19)4-6-20-7-5-14)13(18)10-2-3-12(16)11(15)8-10/h2-3,8,19H,4-7,9,16H2,1H3. The minimum Gasteiger partial charge on any atom is -0.398 e. The van der Waals surface area contributed by atoms with Crippen molar-refractivity contribution in [1.82, 2.24) is 4.90 Å². The van der Waals surface area contributed by atoms with Crippen molar-refractivity contribution >= 4 is 23.2 Å². The number of nitrogens with two attached hydrogens (primary N) is 1. The fraction of sp³-hybridized carbons (Fsp3) is 0.500. The van der Waals surface area contributed by atoms with Gasteiger partial charge in [-0.3, -0.25) is 4.79 Å². The quantitative estimate of drug-likeness (QED) is 0.830. The van der Waals surface area contributed by atoms with Crippen molar-refractivity contribution in [1.29, 1.82) is 0 Å². The summed E-state index contributed by atoms with van der Waals surface area (Å²) < 4.78 is 5.23. The van der Waals surface area contributed by atoms with Gasteiger partial charge in [-0.25, -0.2) is 0 Å². The SMILES string of the molecule is CN(CC1(O)CCOCC1)C(=O)c1ccc(N)c(Cl)c1. The Hall–Kier alpha value is -1.30. The molecule has 0 aliphatic carbocycles. The molecule has 1 amide bonds. The van der Waals surface area contributed by atoms with Crippen LogP contribution in [0.2, 0.25) is 5.02 Å². The molecule has 5 nitrogen and oxygen atoms in total. The molecular weight excluding hydrogens is 280 g/mol. The zero-order valence-electron chi connectivity index (χ0n) is 11.4. The molecule has 20 heavy (non-hydrogen) atoms. The molecule has 3 N–H and O–H groups in total. The first-order chi connectivity index (χ1) is 9.41. The molecule has 1 fully saturated rings. The van der Waals surface area contributed by atoms with E-state index in [1.165, 1.54) is 4.90 Å². The second-order valence-electron chi connectivity index (χ2n) is 5.23. The molecule has 0 atom stereocenters. The van der Waals surface area contributed by atoms with E-state index in [0.717, 1.165) is 0 Å². The van der Waals surface area contributed by atoms with Gasteiger partial charge in [0, 0.05) is 45.2 Å². The number of anilines is 1. The molecule has 1 aliphatic rings. The molecular formula is C14H19ClN2O3. The number of hydrogen-bond acceptors (Lipinski definition) is 4. The Morgan fingerprint density at radius 1 is 1.50 bits per heavy atom. The van der Waals surface area contributed by atoms with E-state index in [9.17, 15) is 9.90 Å². The predicted molar refractivity (Wildman–Crippen MR) is 77.8 cm³/mol. The first kappa shape index (κ1) is 15.1. The van der Waals surface area contributed by atoms with E-state index in [4.69, 9.17) is 22.1 Å². The van der Waals surface area contributed by atoms with Crippen molar-refractivity contribution in [3.8, 4) is 0 Å². The Labute approximate surface area is 123 Å². The van der Waals surface area contributed by atoms with E-state index in [1.807, 2.05) is 0 Å². The average molecular weight is 299 g/mol. The van der Waals surface area contributed by atoms with Crippen LogP contribution in [0.1, 0.15) is 23.2 Å². The van der Waals surface area contributed by atoms with Gasteiger partial charge in [-0.05, 0) is 18.2 Å². The molecule has 0 bridgehead atoms. The third kappa shape index (κ3) is 3.42. The summed E-state index contributed by atoms with van der Waals surface area (Å²) in [4.78, 5) is 13.8. The summed E-state index contributed by atoms with van der Waals surface area (Å²) >= 11 is 5.92. The normalized spacial score (nSPS) is 17.8. The van der Waals surface area contributed by atoms with E-state index in [2.05, 4.69) is 0 Å². The van der Waals surface area contributed by atoms with Crippen LogP contribution in [0.3, 0.4) is 0 Å². The highest BCUT2D eigenvalue weighted by molar-refractivity contribution is 6.33. The number of aliphatic hydroxyl groups is 1. The Balaban J connectivity index is 2.06. The van der Waals surface area contributed by atoms with Crippen LogP contribution in [-0.4, -0.2) is 48.3 Å². The average Bonchev–Trinajstić information content (AvgIpc) is 2.41. The number of likely N-dealkylation sites (N-methyl/N-ethyl adjacent to an activating group) is 1. The van der Waals surface area contributed by atoms with E-state index in [1.54, 1.807) is 25.2 Å². The molecule has 6 heteroatoms. The molecule has 1 aliphatic heterocycles. The van der Waals surface area contributed by atoms with Gasteiger partial charge in [0.25, 0.3) is 5.91 Å². The van der Waals surface area contributed by atoms with Crippen LogP contribution in [0.25, 0.3) is 0 Å². The van der Waals surface area contributed by atoms with E-state index in [-0.39, 0.29) is 12.5 Å². The van der Waals surface area contributed by atoms with Crippen LogP contribution < -0.4 is 5.73 Å². The van der Waals surface area contributed by atoms with Crippen molar-refractivity contribution in [2.75, 3.05) is 32.5 Å². The van der Waals surface area contributed by atoms with Crippen LogP contribution in [0.5, 0.6) is 0 Å². The summed E-state index contributed by atoms with van der Waals surface area (Å²) in [6, 6.07) is 4.78. The summed E-state index contributed by atoms with van der Waals surface area (Å²) in [5, 5.41) is 10.8. The minimum atomic E-state index is -0.875. The number of halogens is 1. The lowest BCUT2D eigenvalue weighted by atomic mass is 9.93. The van der Waals surface area contributed by atoms with E-state index in [0.29, 0.717) is 42.3 Å². The van der Waals surface area contributed by atoms with Crippen LogP contribution in [0, 0.1) is 0 Å². The second kappa shape index (κ2) is 5.99.